The van der Waals surface area contributed by atoms with Crippen LogP contribution in [0.15, 0.2) is 17.2 Å². The Morgan fingerprint density at radius 1 is 1.70 bits per heavy atom. The zero-order valence-corrected chi connectivity index (χ0v) is 5.41. The van der Waals surface area contributed by atoms with Crippen molar-refractivity contribution in [1.82, 2.24) is 9.55 Å². The first-order valence-corrected chi connectivity index (χ1v) is 3.02. The van der Waals surface area contributed by atoms with Gasteiger partial charge in [-0.25, -0.2) is 4.79 Å². The van der Waals surface area contributed by atoms with Crippen molar-refractivity contribution in [2.75, 3.05) is 0 Å². The lowest BCUT2D eigenvalue weighted by atomic mass is 10.5. The number of hydrogen-bond donors (Lipinski definition) is 1. The Morgan fingerprint density at radius 2 is 2.50 bits per heavy atom. The Kier molecular flexibility index (Phi) is 2.04. The van der Waals surface area contributed by atoms with E-state index in [1.807, 2.05) is 0 Å². The number of carbonyl (C=O) groups is 1. The molecular weight excluding hydrogens is 132 g/mol. The van der Waals surface area contributed by atoms with Crippen LogP contribution in [-0.4, -0.2) is 15.8 Å². The molecule has 0 aliphatic rings. The monoisotopic (exact) mass is 140 g/mol. The van der Waals surface area contributed by atoms with Crippen molar-refractivity contribution < 1.29 is 4.79 Å². The summed E-state index contributed by atoms with van der Waals surface area (Å²) in [4.78, 5) is 23.1. The highest BCUT2D eigenvalue weighted by molar-refractivity contribution is 5.48. The van der Waals surface area contributed by atoms with E-state index in [2.05, 4.69) is 4.98 Å². The fourth-order valence-corrected chi connectivity index (χ4v) is 0.717. The van der Waals surface area contributed by atoms with Gasteiger partial charge in [0.1, 0.15) is 6.29 Å². The van der Waals surface area contributed by atoms with E-state index >= 15 is 0 Å². The molecule has 10 heavy (non-hydrogen) atoms. The van der Waals surface area contributed by atoms with E-state index in [0.29, 0.717) is 13.0 Å². The average molecular weight is 140 g/mol. The smallest absolute Gasteiger partial charge is 0.313 e. The van der Waals surface area contributed by atoms with Gasteiger partial charge in [0.05, 0.1) is 0 Å². The van der Waals surface area contributed by atoms with Crippen LogP contribution in [0.1, 0.15) is 6.42 Å². The summed E-state index contributed by atoms with van der Waals surface area (Å²) < 4.78 is 1.45. The molecule has 1 N–H and O–H groups in total. The summed E-state index contributed by atoms with van der Waals surface area (Å²) in [5, 5.41) is 0. The van der Waals surface area contributed by atoms with Gasteiger partial charge >= 0.3 is 5.69 Å². The zero-order valence-electron chi connectivity index (χ0n) is 5.41. The Labute approximate surface area is 57.5 Å². The molecule has 1 aromatic rings. The van der Waals surface area contributed by atoms with E-state index in [1.165, 1.54) is 4.57 Å². The Bertz CT molecular complexity index is 261. The predicted molar refractivity (Wildman–Crippen MR) is 35.7 cm³/mol. The molecule has 0 fully saturated rings. The number of aryl methyl sites for hydroxylation is 1. The van der Waals surface area contributed by atoms with Gasteiger partial charge in [0, 0.05) is 25.4 Å². The summed E-state index contributed by atoms with van der Waals surface area (Å²) >= 11 is 0. The number of carbonyl (C=O) groups excluding carboxylic acids is 1. The molecule has 0 aliphatic carbocycles. The third-order valence-corrected chi connectivity index (χ3v) is 1.21. The van der Waals surface area contributed by atoms with Crippen molar-refractivity contribution in [3.05, 3.63) is 22.9 Å². The third kappa shape index (κ3) is 1.34. The highest BCUT2D eigenvalue weighted by Gasteiger charge is 1.92. The molecule has 0 unspecified atom stereocenters. The number of imidazole rings is 1. The molecule has 0 atom stereocenters. The lowest BCUT2D eigenvalue weighted by Crippen LogP contribution is -2.16. The first kappa shape index (κ1) is 6.80. The van der Waals surface area contributed by atoms with E-state index < -0.39 is 0 Å². The number of aldehydes is 1. The van der Waals surface area contributed by atoms with Gasteiger partial charge < -0.3 is 9.78 Å². The van der Waals surface area contributed by atoms with Crippen molar-refractivity contribution in [3.63, 3.8) is 0 Å². The SMILES string of the molecule is O=CCCn1cc[nH]c1=O. The zero-order chi connectivity index (χ0) is 7.40. The number of rotatable bonds is 3. The van der Waals surface area contributed by atoms with Gasteiger partial charge in [-0.2, -0.15) is 0 Å². The molecule has 0 saturated carbocycles. The summed E-state index contributed by atoms with van der Waals surface area (Å²) in [5.74, 6) is 0. The van der Waals surface area contributed by atoms with Crippen LogP contribution in [-0.2, 0) is 11.3 Å². The Balaban J connectivity index is 2.65. The fourth-order valence-electron chi connectivity index (χ4n) is 0.717. The Morgan fingerprint density at radius 3 is 3.00 bits per heavy atom. The van der Waals surface area contributed by atoms with Gasteiger partial charge in [-0.05, 0) is 0 Å². The van der Waals surface area contributed by atoms with Crippen LogP contribution in [0.2, 0.25) is 0 Å². The molecule has 1 aromatic heterocycles. The number of aromatic nitrogens is 2. The summed E-state index contributed by atoms with van der Waals surface area (Å²) in [6, 6.07) is 0. The van der Waals surface area contributed by atoms with Crippen LogP contribution < -0.4 is 5.69 Å². The molecular formula is C6H8N2O2. The summed E-state index contributed by atoms with van der Waals surface area (Å²) in [6.07, 6.45) is 4.34. The van der Waals surface area contributed by atoms with Crippen molar-refractivity contribution >= 4 is 6.29 Å². The van der Waals surface area contributed by atoms with Gasteiger partial charge in [0.2, 0.25) is 0 Å². The van der Waals surface area contributed by atoms with Gasteiger partial charge in [0.15, 0.2) is 0 Å². The second kappa shape index (κ2) is 3.00. The Hall–Kier alpha value is -1.32. The normalized spacial score (nSPS) is 9.60. The lowest BCUT2D eigenvalue weighted by Gasteiger charge is -1.92. The van der Waals surface area contributed by atoms with Crippen LogP contribution in [0.5, 0.6) is 0 Å². The standard InChI is InChI=1S/C6H8N2O2/c9-5-1-3-8-4-2-7-6(8)10/h2,4-5H,1,3H2,(H,7,10). The molecule has 1 rings (SSSR count). The number of H-pyrrole nitrogens is 1. The minimum absolute atomic E-state index is 0.165. The van der Waals surface area contributed by atoms with Crippen LogP contribution in [0.3, 0.4) is 0 Å². The van der Waals surface area contributed by atoms with Crippen molar-refractivity contribution in [2.45, 2.75) is 13.0 Å². The van der Waals surface area contributed by atoms with E-state index in [-0.39, 0.29) is 5.69 Å². The highest BCUT2D eigenvalue weighted by atomic mass is 16.1. The maximum atomic E-state index is 10.7. The summed E-state index contributed by atoms with van der Waals surface area (Å²) in [7, 11) is 0. The molecule has 0 amide bonds. The number of nitrogens with one attached hydrogen (secondary N) is 1. The van der Waals surface area contributed by atoms with Crippen LogP contribution >= 0.6 is 0 Å². The third-order valence-electron chi connectivity index (χ3n) is 1.21. The largest absolute Gasteiger partial charge is 0.325 e. The number of hydrogen-bond acceptors (Lipinski definition) is 2. The quantitative estimate of drug-likeness (QED) is 0.589. The predicted octanol–water partition coefficient (Wildman–Crippen LogP) is -0.235. The minimum Gasteiger partial charge on any atom is -0.313 e. The van der Waals surface area contributed by atoms with E-state index in [1.54, 1.807) is 12.4 Å². The maximum absolute atomic E-state index is 10.7. The van der Waals surface area contributed by atoms with E-state index in [0.717, 1.165) is 6.29 Å². The van der Waals surface area contributed by atoms with Gasteiger partial charge in [0.25, 0.3) is 0 Å². The van der Waals surface area contributed by atoms with E-state index in [9.17, 15) is 9.59 Å². The van der Waals surface area contributed by atoms with E-state index in [4.69, 9.17) is 0 Å². The van der Waals surface area contributed by atoms with Crippen molar-refractivity contribution in [1.29, 1.82) is 0 Å². The molecule has 0 bridgehead atoms. The summed E-state index contributed by atoms with van der Waals surface area (Å²) in [5.41, 5.74) is -0.165. The maximum Gasteiger partial charge on any atom is 0.325 e. The van der Waals surface area contributed by atoms with Crippen LogP contribution in [0, 0.1) is 0 Å². The summed E-state index contributed by atoms with van der Waals surface area (Å²) in [6.45, 7) is 0.464. The second-order valence-electron chi connectivity index (χ2n) is 1.91. The second-order valence-corrected chi connectivity index (χ2v) is 1.91. The van der Waals surface area contributed by atoms with Crippen molar-refractivity contribution in [2.24, 2.45) is 0 Å². The molecule has 0 spiro atoms. The van der Waals surface area contributed by atoms with Crippen molar-refractivity contribution in [3.8, 4) is 0 Å². The minimum atomic E-state index is -0.165. The molecule has 1 heterocycles. The number of nitrogens with zero attached hydrogens (tertiary/aromatic N) is 1. The van der Waals surface area contributed by atoms with Gasteiger partial charge in [-0.1, -0.05) is 0 Å². The van der Waals surface area contributed by atoms with Crippen LogP contribution in [0.25, 0.3) is 0 Å². The van der Waals surface area contributed by atoms with Gasteiger partial charge in [-0.3, -0.25) is 4.57 Å². The van der Waals surface area contributed by atoms with Gasteiger partial charge in [-0.15, -0.1) is 0 Å². The highest BCUT2D eigenvalue weighted by Crippen LogP contribution is 1.80. The molecule has 0 aromatic carbocycles. The first-order chi connectivity index (χ1) is 4.84. The first-order valence-electron chi connectivity index (χ1n) is 3.02. The molecule has 4 heteroatoms. The molecule has 54 valence electrons. The molecule has 4 nitrogen and oxygen atoms in total. The molecule has 0 aliphatic heterocycles. The average Bonchev–Trinajstić information content (AvgIpc) is 2.31. The molecule has 0 radical (unpaired) electrons. The number of aromatic amines is 1. The lowest BCUT2D eigenvalue weighted by molar-refractivity contribution is -0.108. The van der Waals surface area contributed by atoms with Crippen LogP contribution in [0.4, 0.5) is 0 Å². The topological polar surface area (TPSA) is 54.9 Å². The molecule has 0 saturated heterocycles. The fraction of sp³-hybridized carbons (Fsp3) is 0.333.